The van der Waals surface area contributed by atoms with Gasteiger partial charge < -0.3 is 24.8 Å². The van der Waals surface area contributed by atoms with Crippen LogP contribution in [0.1, 0.15) is 11.1 Å². The average Bonchev–Trinajstić information content (AvgIpc) is 3.23. The molecule has 2 atom stereocenters. The van der Waals surface area contributed by atoms with E-state index in [1.54, 1.807) is 6.07 Å². The number of anilines is 1. The van der Waals surface area contributed by atoms with Gasteiger partial charge in [-0.05, 0) is 30.2 Å². The van der Waals surface area contributed by atoms with Crippen LogP contribution in [-0.2, 0) is 31.9 Å². The first-order valence-corrected chi connectivity index (χ1v) is 11.7. The lowest BCUT2D eigenvalue weighted by molar-refractivity contribution is -0.137. The maximum Gasteiger partial charge on any atom is 0.332 e. The van der Waals surface area contributed by atoms with E-state index >= 15 is 0 Å². The Balaban J connectivity index is 1.70. The van der Waals surface area contributed by atoms with Crippen LogP contribution in [0, 0.1) is 6.92 Å². The molecule has 11 heteroatoms. The fourth-order valence-electron chi connectivity index (χ4n) is 4.10. The number of imidazole rings is 1. The van der Waals surface area contributed by atoms with E-state index in [1.165, 1.54) is 23.2 Å². The standard InChI is InChI=1S/C26H29N5O6/c1-16-8-7-11-19(12-16)37-15-18(32)14-31-21-22(29(2)26(36)30(3)23(21)33)28-25(31)27-20(24(34)35)13-17-9-5-4-6-10-17/h4-12,18,20,32H,13-15H2,1-3H3,(H,27,28)(H,34,35)/t18-,20-/m1/s1. The molecule has 0 amide bonds. The van der Waals surface area contributed by atoms with Crippen LogP contribution >= 0.6 is 0 Å². The summed E-state index contributed by atoms with van der Waals surface area (Å²) >= 11 is 0. The normalized spacial score (nSPS) is 12.9. The van der Waals surface area contributed by atoms with Crippen LogP contribution < -0.4 is 21.3 Å². The van der Waals surface area contributed by atoms with Crippen molar-refractivity contribution in [2.45, 2.75) is 32.0 Å². The van der Waals surface area contributed by atoms with Crippen molar-refractivity contribution in [3.05, 3.63) is 86.6 Å². The van der Waals surface area contributed by atoms with Gasteiger partial charge in [0.1, 0.15) is 24.5 Å². The minimum atomic E-state index is -1.12. The smallest absolute Gasteiger partial charge is 0.332 e. The Labute approximate surface area is 212 Å². The first-order valence-electron chi connectivity index (χ1n) is 11.7. The van der Waals surface area contributed by atoms with Crippen molar-refractivity contribution in [3.63, 3.8) is 0 Å². The number of carboxylic acids is 1. The highest BCUT2D eigenvalue weighted by molar-refractivity contribution is 5.79. The van der Waals surface area contributed by atoms with Crippen molar-refractivity contribution in [1.29, 1.82) is 0 Å². The third-order valence-corrected chi connectivity index (χ3v) is 6.06. The third kappa shape index (κ3) is 5.56. The first-order chi connectivity index (χ1) is 17.7. The number of aryl methyl sites for hydroxylation is 2. The highest BCUT2D eigenvalue weighted by atomic mass is 16.5. The molecule has 2 heterocycles. The summed E-state index contributed by atoms with van der Waals surface area (Å²) in [7, 11) is 2.82. The number of hydrogen-bond acceptors (Lipinski definition) is 7. The van der Waals surface area contributed by atoms with Crippen molar-refractivity contribution in [2.24, 2.45) is 14.1 Å². The molecule has 0 bridgehead atoms. The van der Waals surface area contributed by atoms with Crippen molar-refractivity contribution in [3.8, 4) is 5.75 Å². The van der Waals surface area contributed by atoms with E-state index in [0.29, 0.717) is 5.75 Å². The molecule has 4 rings (SSSR count). The van der Waals surface area contributed by atoms with Gasteiger partial charge in [-0.1, -0.05) is 42.5 Å². The maximum absolute atomic E-state index is 13.1. The molecule has 0 fully saturated rings. The van der Waals surface area contributed by atoms with Gasteiger partial charge in [0, 0.05) is 20.5 Å². The second-order valence-corrected chi connectivity index (χ2v) is 8.93. The largest absolute Gasteiger partial charge is 0.491 e. The van der Waals surface area contributed by atoms with Crippen LogP contribution in [0.15, 0.2) is 64.2 Å². The van der Waals surface area contributed by atoms with Crippen LogP contribution in [0.25, 0.3) is 11.2 Å². The molecule has 0 aliphatic carbocycles. The summed E-state index contributed by atoms with van der Waals surface area (Å²) in [4.78, 5) is 42.1. The van der Waals surface area contributed by atoms with Crippen molar-refractivity contribution in [2.75, 3.05) is 11.9 Å². The van der Waals surface area contributed by atoms with E-state index < -0.39 is 29.4 Å². The number of carboxylic acid groups (broad SMARTS) is 1. The van der Waals surface area contributed by atoms with Crippen molar-refractivity contribution >= 4 is 23.1 Å². The molecule has 2 aromatic heterocycles. The summed E-state index contributed by atoms with van der Waals surface area (Å²) in [5, 5.41) is 23.6. The molecule has 3 N–H and O–H groups in total. The fourth-order valence-corrected chi connectivity index (χ4v) is 4.10. The Hall–Kier alpha value is -4.38. The van der Waals surface area contributed by atoms with Crippen LogP contribution in [0.3, 0.4) is 0 Å². The molecule has 4 aromatic rings. The molecule has 0 aliphatic rings. The Kier molecular flexibility index (Phi) is 7.44. The summed E-state index contributed by atoms with van der Waals surface area (Å²) in [6.07, 6.45) is -0.923. The number of ether oxygens (including phenoxy) is 1. The van der Waals surface area contributed by atoms with Crippen LogP contribution in [0.2, 0.25) is 0 Å². The lowest BCUT2D eigenvalue weighted by atomic mass is 10.1. The third-order valence-electron chi connectivity index (χ3n) is 6.06. The molecule has 0 aliphatic heterocycles. The van der Waals surface area contributed by atoms with E-state index in [2.05, 4.69) is 10.3 Å². The number of nitrogens with zero attached hydrogens (tertiary/aromatic N) is 4. The Morgan fingerprint density at radius 3 is 2.49 bits per heavy atom. The van der Waals surface area contributed by atoms with Crippen LogP contribution in [0.5, 0.6) is 5.75 Å². The number of fused-ring (bicyclic) bond motifs is 1. The Morgan fingerprint density at radius 2 is 1.81 bits per heavy atom. The number of nitrogens with one attached hydrogen (secondary N) is 1. The molecule has 194 valence electrons. The number of carbonyl (C=O) groups is 1. The van der Waals surface area contributed by atoms with Gasteiger partial charge in [0.15, 0.2) is 11.2 Å². The van der Waals surface area contributed by atoms with Gasteiger partial charge in [-0.2, -0.15) is 4.98 Å². The number of hydrogen-bond donors (Lipinski definition) is 3. The molecular weight excluding hydrogens is 478 g/mol. The predicted molar refractivity (Wildman–Crippen MR) is 138 cm³/mol. The number of aromatic nitrogens is 4. The zero-order valence-corrected chi connectivity index (χ0v) is 20.8. The van der Waals surface area contributed by atoms with Gasteiger partial charge in [0.2, 0.25) is 5.95 Å². The Bertz CT molecular complexity index is 1540. The Morgan fingerprint density at radius 1 is 1.08 bits per heavy atom. The van der Waals surface area contributed by atoms with Gasteiger partial charge in [-0.3, -0.25) is 13.9 Å². The van der Waals surface area contributed by atoms with Gasteiger partial charge in [-0.15, -0.1) is 0 Å². The molecule has 0 saturated carbocycles. The summed E-state index contributed by atoms with van der Waals surface area (Å²) < 4.78 is 9.27. The van der Waals surface area contributed by atoms with Gasteiger partial charge in [-0.25, -0.2) is 9.59 Å². The summed E-state index contributed by atoms with van der Waals surface area (Å²) in [5.74, 6) is -0.487. The minimum absolute atomic E-state index is 0.0474. The number of aliphatic hydroxyl groups is 1. The molecule has 0 saturated heterocycles. The lowest BCUT2D eigenvalue weighted by Gasteiger charge is -2.19. The quantitative estimate of drug-likeness (QED) is 0.292. The maximum atomic E-state index is 13.1. The SMILES string of the molecule is Cc1cccc(OC[C@H](O)Cn2c(N[C@H](Cc3ccccc3)C(=O)O)nc3c2c(=O)n(C)c(=O)n3C)c1. The number of aliphatic hydroxyl groups excluding tert-OH is 1. The fraction of sp³-hybridized carbons (Fsp3) is 0.308. The molecule has 0 unspecified atom stereocenters. The highest BCUT2D eigenvalue weighted by Gasteiger charge is 2.25. The number of benzene rings is 2. The monoisotopic (exact) mass is 507 g/mol. The number of rotatable bonds is 10. The average molecular weight is 508 g/mol. The van der Waals surface area contributed by atoms with Gasteiger partial charge >= 0.3 is 11.7 Å². The second kappa shape index (κ2) is 10.7. The zero-order valence-electron chi connectivity index (χ0n) is 20.8. The van der Waals surface area contributed by atoms with E-state index in [4.69, 9.17) is 4.74 Å². The summed E-state index contributed by atoms with van der Waals surface area (Å²) in [5.41, 5.74) is 0.745. The predicted octanol–water partition coefficient (Wildman–Crippen LogP) is 1.29. The molecule has 0 spiro atoms. The molecule has 37 heavy (non-hydrogen) atoms. The molecular formula is C26H29N5O6. The van der Waals surface area contributed by atoms with Crippen LogP contribution in [-0.4, -0.2) is 53.6 Å². The highest BCUT2D eigenvalue weighted by Crippen LogP contribution is 2.19. The molecule has 2 aromatic carbocycles. The van der Waals surface area contributed by atoms with Gasteiger partial charge in [0.25, 0.3) is 5.56 Å². The van der Waals surface area contributed by atoms with E-state index in [-0.39, 0.29) is 36.7 Å². The van der Waals surface area contributed by atoms with Crippen molar-refractivity contribution in [1.82, 2.24) is 18.7 Å². The molecule has 0 radical (unpaired) electrons. The zero-order chi connectivity index (χ0) is 26.7. The summed E-state index contributed by atoms with van der Waals surface area (Å²) in [6.45, 7) is 1.71. The molecule has 11 nitrogen and oxygen atoms in total. The topological polar surface area (TPSA) is 141 Å². The van der Waals surface area contributed by atoms with E-state index in [1.807, 2.05) is 55.5 Å². The van der Waals surface area contributed by atoms with Gasteiger partial charge in [0.05, 0.1) is 6.54 Å². The number of aliphatic carboxylic acids is 1. The minimum Gasteiger partial charge on any atom is -0.491 e. The van der Waals surface area contributed by atoms with Crippen molar-refractivity contribution < 1.29 is 19.7 Å². The van der Waals surface area contributed by atoms with Crippen LogP contribution in [0.4, 0.5) is 5.95 Å². The first kappa shape index (κ1) is 25.7. The van der Waals surface area contributed by atoms with E-state index in [9.17, 15) is 24.6 Å². The second-order valence-electron chi connectivity index (χ2n) is 8.93. The van der Waals surface area contributed by atoms with E-state index in [0.717, 1.165) is 15.7 Å². The lowest BCUT2D eigenvalue weighted by Crippen LogP contribution is -2.38. The summed E-state index contributed by atoms with van der Waals surface area (Å²) in [6, 6.07) is 15.4.